The van der Waals surface area contributed by atoms with E-state index in [0.717, 1.165) is 34.9 Å². The molecule has 0 aliphatic rings. The zero-order valence-corrected chi connectivity index (χ0v) is 10.4. The van der Waals surface area contributed by atoms with E-state index in [1.165, 1.54) is 12.1 Å². The molecular formula is C12H12FNS2. The summed E-state index contributed by atoms with van der Waals surface area (Å²) in [5.41, 5.74) is 1.70. The monoisotopic (exact) mass is 253 g/mol. The Labute approximate surface area is 104 Å². The average Bonchev–Trinajstić information content (AvgIpc) is 2.75. The molecule has 2 aromatic rings. The van der Waals surface area contributed by atoms with Crippen LogP contribution in [0.5, 0.6) is 0 Å². The summed E-state index contributed by atoms with van der Waals surface area (Å²) in [6.45, 7) is 0. The second kappa shape index (κ2) is 5.46. The van der Waals surface area contributed by atoms with Gasteiger partial charge in [-0.15, -0.1) is 11.3 Å². The molecule has 0 radical (unpaired) electrons. The van der Waals surface area contributed by atoms with Crippen molar-refractivity contribution in [2.24, 2.45) is 0 Å². The summed E-state index contributed by atoms with van der Waals surface area (Å²) in [6, 6.07) is 6.53. The Hall–Kier alpha value is -0.870. The Morgan fingerprint density at radius 3 is 3.00 bits per heavy atom. The van der Waals surface area contributed by atoms with Crippen LogP contribution in [0.2, 0.25) is 0 Å². The summed E-state index contributed by atoms with van der Waals surface area (Å²) >= 11 is 5.79. The fraction of sp³-hybridized carbons (Fsp3) is 0.250. The number of halogens is 1. The van der Waals surface area contributed by atoms with E-state index >= 15 is 0 Å². The lowest BCUT2D eigenvalue weighted by atomic mass is 10.2. The fourth-order valence-electron chi connectivity index (χ4n) is 1.44. The number of thiol groups is 1. The Balaban J connectivity index is 2.18. The van der Waals surface area contributed by atoms with Crippen LogP contribution in [0.25, 0.3) is 11.3 Å². The summed E-state index contributed by atoms with van der Waals surface area (Å²) in [4.78, 5) is 4.48. The van der Waals surface area contributed by atoms with Crippen LogP contribution in [0.1, 0.15) is 11.4 Å². The summed E-state index contributed by atoms with van der Waals surface area (Å²) < 4.78 is 13.0. The van der Waals surface area contributed by atoms with E-state index in [0.29, 0.717) is 0 Å². The molecule has 0 unspecified atom stereocenters. The first kappa shape index (κ1) is 11.6. The Bertz CT molecular complexity index is 468. The average molecular weight is 253 g/mol. The maximum absolute atomic E-state index is 13.0. The van der Waals surface area contributed by atoms with E-state index in [9.17, 15) is 4.39 Å². The van der Waals surface area contributed by atoms with Gasteiger partial charge in [0, 0.05) is 17.4 Å². The number of nitrogens with zero attached hydrogens (tertiary/aromatic N) is 1. The number of hydrogen-bond acceptors (Lipinski definition) is 3. The molecule has 1 nitrogen and oxygen atoms in total. The molecule has 1 aromatic carbocycles. The summed E-state index contributed by atoms with van der Waals surface area (Å²) in [6.07, 6.45) is 1.97. The van der Waals surface area contributed by atoms with Gasteiger partial charge in [0.15, 0.2) is 0 Å². The molecule has 0 amide bonds. The van der Waals surface area contributed by atoms with Gasteiger partial charge < -0.3 is 0 Å². The van der Waals surface area contributed by atoms with Crippen molar-refractivity contribution in [1.29, 1.82) is 0 Å². The van der Waals surface area contributed by atoms with E-state index in [1.807, 2.05) is 11.4 Å². The third kappa shape index (κ3) is 2.83. The highest BCUT2D eigenvalue weighted by molar-refractivity contribution is 7.80. The largest absolute Gasteiger partial charge is 0.241 e. The topological polar surface area (TPSA) is 12.9 Å². The van der Waals surface area contributed by atoms with Gasteiger partial charge in [-0.25, -0.2) is 9.37 Å². The highest BCUT2D eigenvalue weighted by atomic mass is 32.1. The summed E-state index contributed by atoms with van der Waals surface area (Å²) in [5.74, 6) is 0.650. The molecule has 0 N–H and O–H groups in total. The fourth-order valence-corrected chi connectivity index (χ4v) is 2.44. The Morgan fingerprint density at radius 2 is 2.25 bits per heavy atom. The van der Waals surface area contributed by atoms with E-state index in [2.05, 4.69) is 17.6 Å². The van der Waals surface area contributed by atoms with Crippen LogP contribution in [0, 0.1) is 5.82 Å². The van der Waals surface area contributed by atoms with Crippen LogP contribution in [-0.2, 0) is 6.42 Å². The van der Waals surface area contributed by atoms with Gasteiger partial charge in [0.2, 0.25) is 0 Å². The van der Waals surface area contributed by atoms with Crippen molar-refractivity contribution in [1.82, 2.24) is 4.98 Å². The normalized spacial score (nSPS) is 10.6. The maximum atomic E-state index is 13.0. The molecule has 0 spiro atoms. The highest BCUT2D eigenvalue weighted by Crippen LogP contribution is 2.23. The first-order chi connectivity index (χ1) is 7.79. The molecule has 0 atom stereocenters. The number of rotatable bonds is 4. The number of thiazole rings is 1. The van der Waals surface area contributed by atoms with Crippen LogP contribution < -0.4 is 0 Å². The smallest absolute Gasteiger partial charge is 0.123 e. The minimum atomic E-state index is -0.220. The zero-order chi connectivity index (χ0) is 11.4. The highest BCUT2D eigenvalue weighted by Gasteiger charge is 2.04. The number of aromatic nitrogens is 1. The lowest BCUT2D eigenvalue weighted by Crippen LogP contribution is -1.86. The third-order valence-corrected chi connectivity index (χ3v) is 3.45. The van der Waals surface area contributed by atoms with Crippen molar-refractivity contribution in [3.8, 4) is 11.3 Å². The maximum Gasteiger partial charge on any atom is 0.123 e. The molecule has 84 valence electrons. The molecule has 1 heterocycles. The van der Waals surface area contributed by atoms with Crippen LogP contribution in [0.4, 0.5) is 4.39 Å². The minimum absolute atomic E-state index is 0.220. The van der Waals surface area contributed by atoms with Gasteiger partial charge in [-0.1, -0.05) is 12.1 Å². The Morgan fingerprint density at radius 1 is 1.38 bits per heavy atom. The zero-order valence-electron chi connectivity index (χ0n) is 8.69. The SMILES string of the molecule is Fc1cccc(-c2csc(CCCS)n2)c1. The van der Waals surface area contributed by atoms with E-state index in [1.54, 1.807) is 17.4 Å². The van der Waals surface area contributed by atoms with Gasteiger partial charge in [-0.05, 0) is 24.3 Å². The van der Waals surface area contributed by atoms with Gasteiger partial charge in [0.05, 0.1) is 10.7 Å². The van der Waals surface area contributed by atoms with Crippen molar-refractivity contribution in [2.45, 2.75) is 12.8 Å². The van der Waals surface area contributed by atoms with Crippen molar-refractivity contribution in [3.05, 3.63) is 40.5 Å². The van der Waals surface area contributed by atoms with Crippen molar-refractivity contribution in [3.63, 3.8) is 0 Å². The predicted molar refractivity (Wildman–Crippen MR) is 69.7 cm³/mol. The van der Waals surface area contributed by atoms with Gasteiger partial charge in [-0.3, -0.25) is 0 Å². The van der Waals surface area contributed by atoms with Crippen LogP contribution in [-0.4, -0.2) is 10.7 Å². The van der Waals surface area contributed by atoms with Crippen molar-refractivity contribution < 1.29 is 4.39 Å². The third-order valence-electron chi connectivity index (χ3n) is 2.22. The molecule has 0 fully saturated rings. The number of aryl methyl sites for hydroxylation is 1. The second-order valence-corrected chi connectivity index (χ2v) is 4.85. The molecule has 4 heteroatoms. The standard InChI is InChI=1S/C12H12FNS2/c13-10-4-1-3-9(7-10)11-8-16-12(14-11)5-2-6-15/h1,3-4,7-8,15H,2,5-6H2. The van der Waals surface area contributed by atoms with Crippen molar-refractivity contribution >= 4 is 24.0 Å². The second-order valence-electron chi connectivity index (χ2n) is 3.46. The predicted octanol–water partition coefficient (Wildman–Crippen LogP) is 3.81. The molecular weight excluding hydrogens is 241 g/mol. The van der Waals surface area contributed by atoms with Crippen LogP contribution >= 0.6 is 24.0 Å². The van der Waals surface area contributed by atoms with Gasteiger partial charge >= 0.3 is 0 Å². The lowest BCUT2D eigenvalue weighted by molar-refractivity contribution is 0.628. The molecule has 0 aliphatic heterocycles. The molecule has 0 aliphatic carbocycles. The molecule has 2 rings (SSSR count). The molecule has 0 saturated carbocycles. The van der Waals surface area contributed by atoms with E-state index in [4.69, 9.17) is 0 Å². The van der Waals surface area contributed by atoms with E-state index < -0.39 is 0 Å². The van der Waals surface area contributed by atoms with Gasteiger partial charge in [-0.2, -0.15) is 12.6 Å². The number of hydrogen-bond donors (Lipinski definition) is 1. The summed E-state index contributed by atoms with van der Waals surface area (Å²) in [7, 11) is 0. The quantitative estimate of drug-likeness (QED) is 0.817. The lowest BCUT2D eigenvalue weighted by Gasteiger charge is -1.96. The first-order valence-corrected chi connectivity index (χ1v) is 6.62. The van der Waals surface area contributed by atoms with E-state index in [-0.39, 0.29) is 5.82 Å². The van der Waals surface area contributed by atoms with Crippen LogP contribution in [0.15, 0.2) is 29.6 Å². The first-order valence-electron chi connectivity index (χ1n) is 5.11. The molecule has 0 bridgehead atoms. The molecule has 0 saturated heterocycles. The van der Waals surface area contributed by atoms with Gasteiger partial charge in [0.25, 0.3) is 0 Å². The molecule has 16 heavy (non-hydrogen) atoms. The summed E-state index contributed by atoms with van der Waals surface area (Å²) in [5, 5.41) is 3.07. The van der Waals surface area contributed by atoms with Gasteiger partial charge in [0.1, 0.15) is 5.82 Å². The minimum Gasteiger partial charge on any atom is -0.241 e. The molecule has 1 aromatic heterocycles. The van der Waals surface area contributed by atoms with Crippen molar-refractivity contribution in [2.75, 3.05) is 5.75 Å². The number of benzene rings is 1. The Kier molecular flexibility index (Phi) is 3.96. The van der Waals surface area contributed by atoms with Crippen LogP contribution in [0.3, 0.4) is 0 Å².